The first-order chi connectivity index (χ1) is 7.16. The Labute approximate surface area is 88.7 Å². The van der Waals surface area contributed by atoms with E-state index in [-0.39, 0.29) is 11.7 Å². The van der Waals surface area contributed by atoms with Gasteiger partial charge in [-0.25, -0.2) is 0 Å². The van der Waals surface area contributed by atoms with Crippen molar-refractivity contribution in [3.05, 3.63) is 28.2 Å². The summed E-state index contributed by atoms with van der Waals surface area (Å²) in [6.07, 6.45) is 3.99. The van der Waals surface area contributed by atoms with Gasteiger partial charge in [-0.3, -0.25) is 4.79 Å². The average molecular weight is 208 g/mol. The third kappa shape index (κ3) is 2.21. The summed E-state index contributed by atoms with van der Waals surface area (Å²) in [6, 6.07) is 1.57. The first-order valence-electron chi connectivity index (χ1n) is 5.25. The molecule has 4 heteroatoms. The summed E-state index contributed by atoms with van der Waals surface area (Å²) in [6.45, 7) is 3.26. The molecule has 2 N–H and O–H groups in total. The molecule has 1 aromatic rings. The number of nitrogens with two attached hydrogens (primary N) is 1. The molecule has 0 spiro atoms. The fourth-order valence-electron chi connectivity index (χ4n) is 1.84. The van der Waals surface area contributed by atoms with Crippen LogP contribution in [0, 0.1) is 6.92 Å². The molecule has 2 rings (SSSR count). The fourth-order valence-corrected chi connectivity index (χ4v) is 1.84. The van der Waals surface area contributed by atoms with Crippen molar-refractivity contribution < 1.29 is 4.74 Å². The van der Waals surface area contributed by atoms with Crippen molar-refractivity contribution in [3.8, 4) is 0 Å². The quantitative estimate of drug-likeness (QED) is 0.786. The van der Waals surface area contributed by atoms with Crippen LogP contribution in [-0.4, -0.2) is 17.3 Å². The van der Waals surface area contributed by atoms with Crippen molar-refractivity contribution >= 4 is 5.69 Å². The first kappa shape index (κ1) is 10.2. The molecule has 1 aromatic heterocycles. The van der Waals surface area contributed by atoms with E-state index < -0.39 is 0 Å². The molecule has 1 atom stereocenters. The molecule has 15 heavy (non-hydrogen) atoms. The molecule has 0 aromatic carbocycles. The van der Waals surface area contributed by atoms with E-state index in [1.165, 1.54) is 0 Å². The maximum atomic E-state index is 11.6. The second-order valence-electron chi connectivity index (χ2n) is 4.04. The number of hydrogen-bond donors (Lipinski definition) is 1. The zero-order valence-corrected chi connectivity index (χ0v) is 8.90. The maximum absolute atomic E-state index is 11.6. The Morgan fingerprint density at radius 2 is 2.47 bits per heavy atom. The second-order valence-corrected chi connectivity index (χ2v) is 4.04. The minimum Gasteiger partial charge on any atom is -0.397 e. The largest absolute Gasteiger partial charge is 0.397 e. The van der Waals surface area contributed by atoms with Crippen LogP contribution in [-0.2, 0) is 11.3 Å². The molecular weight excluding hydrogens is 192 g/mol. The lowest BCUT2D eigenvalue weighted by Crippen LogP contribution is -2.26. The third-order valence-electron chi connectivity index (χ3n) is 2.80. The lowest BCUT2D eigenvalue weighted by atomic mass is 10.2. The molecule has 0 bridgehead atoms. The third-order valence-corrected chi connectivity index (χ3v) is 2.80. The topological polar surface area (TPSA) is 57.2 Å². The number of hydrogen-bond acceptors (Lipinski definition) is 3. The Bertz CT molecular complexity index is 406. The summed E-state index contributed by atoms with van der Waals surface area (Å²) in [7, 11) is 0. The molecule has 82 valence electrons. The summed E-state index contributed by atoms with van der Waals surface area (Å²) in [5.74, 6) is 0. The van der Waals surface area contributed by atoms with Gasteiger partial charge in [0, 0.05) is 18.9 Å². The van der Waals surface area contributed by atoms with Crippen LogP contribution in [0.15, 0.2) is 17.1 Å². The lowest BCUT2D eigenvalue weighted by Gasteiger charge is -2.12. The van der Waals surface area contributed by atoms with Crippen LogP contribution >= 0.6 is 0 Å². The highest BCUT2D eigenvalue weighted by atomic mass is 16.5. The summed E-state index contributed by atoms with van der Waals surface area (Å²) in [4.78, 5) is 11.6. The van der Waals surface area contributed by atoms with Gasteiger partial charge >= 0.3 is 0 Å². The van der Waals surface area contributed by atoms with Gasteiger partial charge in [0.2, 0.25) is 0 Å². The molecule has 1 aliphatic rings. The van der Waals surface area contributed by atoms with E-state index >= 15 is 0 Å². The van der Waals surface area contributed by atoms with Gasteiger partial charge < -0.3 is 15.0 Å². The molecular formula is C11H16N2O2. The predicted molar refractivity (Wildman–Crippen MR) is 58.8 cm³/mol. The van der Waals surface area contributed by atoms with Crippen LogP contribution in [0.25, 0.3) is 0 Å². The monoisotopic (exact) mass is 208 g/mol. The highest BCUT2D eigenvalue weighted by Crippen LogP contribution is 2.14. The van der Waals surface area contributed by atoms with Gasteiger partial charge in [-0.05, 0) is 25.3 Å². The minimum atomic E-state index is -0.00259. The zero-order chi connectivity index (χ0) is 10.8. The Morgan fingerprint density at radius 3 is 3.13 bits per heavy atom. The van der Waals surface area contributed by atoms with Gasteiger partial charge in [-0.1, -0.05) is 0 Å². The summed E-state index contributed by atoms with van der Waals surface area (Å²) >= 11 is 0. The SMILES string of the molecule is Cc1cc(=O)n(C[C@@H]2CCCO2)cc1N. The zero-order valence-electron chi connectivity index (χ0n) is 8.90. The van der Waals surface area contributed by atoms with E-state index in [0.717, 1.165) is 25.0 Å². The first-order valence-corrected chi connectivity index (χ1v) is 5.25. The Morgan fingerprint density at radius 1 is 1.67 bits per heavy atom. The maximum Gasteiger partial charge on any atom is 0.251 e. The van der Waals surface area contributed by atoms with E-state index in [2.05, 4.69) is 0 Å². The highest BCUT2D eigenvalue weighted by molar-refractivity contribution is 5.42. The molecule has 1 aliphatic heterocycles. The molecule has 4 nitrogen and oxygen atoms in total. The second kappa shape index (κ2) is 4.06. The van der Waals surface area contributed by atoms with Crippen LogP contribution < -0.4 is 11.3 Å². The molecule has 1 fully saturated rings. The smallest absolute Gasteiger partial charge is 0.251 e. The van der Waals surface area contributed by atoms with Gasteiger partial charge in [0.25, 0.3) is 5.56 Å². The van der Waals surface area contributed by atoms with Gasteiger partial charge in [0.15, 0.2) is 0 Å². The number of rotatable bonds is 2. The number of anilines is 1. The standard InChI is InChI=1S/C11H16N2O2/c1-8-5-11(14)13(7-10(8)12)6-9-3-2-4-15-9/h5,7,9H,2-4,6,12H2,1H3/t9-/m0/s1. The number of aromatic nitrogens is 1. The lowest BCUT2D eigenvalue weighted by molar-refractivity contribution is 0.0962. The Kier molecular flexibility index (Phi) is 2.77. The molecule has 2 heterocycles. The van der Waals surface area contributed by atoms with Gasteiger partial charge in [-0.15, -0.1) is 0 Å². The number of aryl methyl sites for hydroxylation is 1. The van der Waals surface area contributed by atoms with Crippen LogP contribution in [0.1, 0.15) is 18.4 Å². The van der Waals surface area contributed by atoms with Crippen LogP contribution in [0.4, 0.5) is 5.69 Å². The molecule has 0 radical (unpaired) electrons. The van der Waals surface area contributed by atoms with E-state index in [0.29, 0.717) is 12.2 Å². The molecule has 0 amide bonds. The Balaban J connectivity index is 2.20. The molecule has 0 aliphatic carbocycles. The summed E-state index contributed by atoms with van der Waals surface area (Å²) < 4.78 is 7.12. The van der Waals surface area contributed by atoms with Crippen LogP contribution in [0.2, 0.25) is 0 Å². The number of ether oxygens (including phenoxy) is 1. The number of nitrogens with zero attached hydrogens (tertiary/aromatic N) is 1. The fraction of sp³-hybridized carbons (Fsp3) is 0.545. The van der Waals surface area contributed by atoms with Crippen molar-refractivity contribution in [2.45, 2.75) is 32.4 Å². The minimum absolute atomic E-state index is 0.00259. The van der Waals surface area contributed by atoms with Crippen molar-refractivity contribution in [1.29, 1.82) is 0 Å². The van der Waals surface area contributed by atoms with Crippen molar-refractivity contribution in [3.63, 3.8) is 0 Å². The van der Waals surface area contributed by atoms with Crippen molar-refractivity contribution in [2.75, 3.05) is 12.3 Å². The number of nitrogen functional groups attached to an aromatic ring is 1. The van der Waals surface area contributed by atoms with Crippen molar-refractivity contribution in [1.82, 2.24) is 4.57 Å². The summed E-state index contributed by atoms with van der Waals surface area (Å²) in [5.41, 5.74) is 7.26. The van der Waals surface area contributed by atoms with E-state index in [1.807, 2.05) is 6.92 Å². The van der Waals surface area contributed by atoms with Crippen LogP contribution in [0.5, 0.6) is 0 Å². The van der Waals surface area contributed by atoms with Gasteiger partial charge in [0.05, 0.1) is 18.3 Å². The highest BCUT2D eigenvalue weighted by Gasteiger charge is 2.16. The van der Waals surface area contributed by atoms with Gasteiger partial charge in [-0.2, -0.15) is 0 Å². The molecule has 0 saturated carbocycles. The molecule has 1 saturated heterocycles. The average Bonchev–Trinajstić information content (AvgIpc) is 2.67. The van der Waals surface area contributed by atoms with Crippen molar-refractivity contribution in [2.24, 2.45) is 0 Å². The van der Waals surface area contributed by atoms with E-state index in [9.17, 15) is 4.79 Å². The number of pyridine rings is 1. The van der Waals surface area contributed by atoms with Gasteiger partial charge in [0.1, 0.15) is 0 Å². The van der Waals surface area contributed by atoms with E-state index in [4.69, 9.17) is 10.5 Å². The normalized spacial score (nSPS) is 20.7. The van der Waals surface area contributed by atoms with E-state index in [1.54, 1.807) is 16.8 Å². The Hall–Kier alpha value is -1.29. The van der Waals surface area contributed by atoms with Crippen LogP contribution in [0.3, 0.4) is 0 Å². The predicted octanol–water partition coefficient (Wildman–Crippen LogP) is 0.918. The summed E-state index contributed by atoms with van der Waals surface area (Å²) in [5, 5.41) is 0. The molecule has 0 unspecified atom stereocenters.